The molecule has 0 spiro atoms. The highest BCUT2D eigenvalue weighted by atomic mass is 16.3. The maximum atomic E-state index is 8.77. The van der Waals surface area contributed by atoms with Crippen molar-refractivity contribution in [3.63, 3.8) is 0 Å². The summed E-state index contributed by atoms with van der Waals surface area (Å²) in [4.78, 5) is 2.13. The Morgan fingerprint density at radius 2 is 2.56 bits per heavy atom. The van der Waals surface area contributed by atoms with Crippen molar-refractivity contribution < 1.29 is 5.11 Å². The molecule has 0 amide bonds. The smallest absolute Gasteiger partial charge is 0.0590 e. The third-order valence-electron chi connectivity index (χ3n) is 1.83. The van der Waals surface area contributed by atoms with Crippen LogP contribution < -0.4 is 0 Å². The Bertz CT molecular complexity index is 122. The first-order valence-corrected chi connectivity index (χ1v) is 3.22. The molecule has 1 aliphatic rings. The van der Waals surface area contributed by atoms with Gasteiger partial charge in [-0.25, -0.2) is 0 Å². The molecule has 1 saturated heterocycles. The fraction of sp³-hybridized carbons (Fsp3) is 0.714. The largest absolute Gasteiger partial charge is 0.395 e. The monoisotopic (exact) mass is 127 g/mol. The van der Waals surface area contributed by atoms with E-state index in [0.717, 1.165) is 13.0 Å². The number of likely N-dealkylation sites (N-methyl/N-ethyl adjacent to an activating group) is 1. The van der Waals surface area contributed by atoms with Crippen molar-refractivity contribution in [3.05, 3.63) is 12.2 Å². The minimum Gasteiger partial charge on any atom is -0.395 e. The van der Waals surface area contributed by atoms with E-state index in [9.17, 15) is 0 Å². The van der Waals surface area contributed by atoms with Crippen molar-refractivity contribution in [3.8, 4) is 0 Å². The molecule has 9 heavy (non-hydrogen) atoms. The van der Waals surface area contributed by atoms with Gasteiger partial charge in [0.1, 0.15) is 0 Å². The SMILES string of the molecule is C=C1CC(CO)N(C)C1. The van der Waals surface area contributed by atoms with Gasteiger partial charge in [-0.15, -0.1) is 0 Å². The van der Waals surface area contributed by atoms with Gasteiger partial charge < -0.3 is 5.11 Å². The fourth-order valence-corrected chi connectivity index (χ4v) is 1.24. The molecule has 0 aliphatic carbocycles. The van der Waals surface area contributed by atoms with Gasteiger partial charge in [-0.05, 0) is 13.5 Å². The zero-order chi connectivity index (χ0) is 6.85. The Kier molecular flexibility index (Phi) is 1.88. The lowest BCUT2D eigenvalue weighted by Crippen LogP contribution is -2.27. The fourth-order valence-electron chi connectivity index (χ4n) is 1.24. The summed E-state index contributed by atoms with van der Waals surface area (Å²) < 4.78 is 0. The average molecular weight is 127 g/mol. The second-order valence-electron chi connectivity index (χ2n) is 2.71. The van der Waals surface area contributed by atoms with Crippen LogP contribution in [0.15, 0.2) is 12.2 Å². The lowest BCUT2D eigenvalue weighted by molar-refractivity contribution is 0.182. The highest BCUT2D eigenvalue weighted by Crippen LogP contribution is 2.17. The third kappa shape index (κ3) is 1.32. The average Bonchev–Trinajstić information content (AvgIpc) is 2.10. The molecular formula is C7H13NO. The molecule has 1 heterocycles. The lowest BCUT2D eigenvalue weighted by atomic mass is 10.2. The highest BCUT2D eigenvalue weighted by Gasteiger charge is 2.21. The Morgan fingerprint density at radius 3 is 2.78 bits per heavy atom. The lowest BCUT2D eigenvalue weighted by Gasteiger charge is -2.14. The van der Waals surface area contributed by atoms with Gasteiger partial charge in [-0.2, -0.15) is 0 Å². The van der Waals surface area contributed by atoms with Gasteiger partial charge in [0.25, 0.3) is 0 Å². The van der Waals surface area contributed by atoms with E-state index in [1.807, 2.05) is 7.05 Å². The molecule has 52 valence electrons. The van der Waals surface area contributed by atoms with Gasteiger partial charge >= 0.3 is 0 Å². The first-order chi connectivity index (χ1) is 4.24. The van der Waals surface area contributed by atoms with Crippen LogP contribution in [0.1, 0.15) is 6.42 Å². The normalized spacial score (nSPS) is 29.6. The highest BCUT2D eigenvalue weighted by molar-refractivity contribution is 5.06. The van der Waals surface area contributed by atoms with E-state index in [2.05, 4.69) is 11.5 Å². The molecule has 0 aromatic heterocycles. The van der Waals surface area contributed by atoms with Crippen LogP contribution in [0.4, 0.5) is 0 Å². The van der Waals surface area contributed by atoms with Crippen LogP contribution in [-0.2, 0) is 0 Å². The number of nitrogens with zero attached hydrogens (tertiary/aromatic N) is 1. The summed E-state index contributed by atoms with van der Waals surface area (Å²) in [5.41, 5.74) is 1.23. The van der Waals surface area contributed by atoms with Gasteiger partial charge in [0.05, 0.1) is 6.61 Å². The molecule has 0 radical (unpaired) electrons. The summed E-state index contributed by atoms with van der Waals surface area (Å²) in [7, 11) is 2.01. The summed E-state index contributed by atoms with van der Waals surface area (Å²) in [5.74, 6) is 0. The van der Waals surface area contributed by atoms with Crippen LogP contribution in [-0.4, -0.2) is 36.2 Å². The standard InChI is InChI=1S/C7H13NO/c1-6-3-7(5-9)8(2)4-6/h7,9H,1,3-5H2,2H3. The van der Waals surface area contributed by atoms with Crippen molar-refractivity contribution in [1.29, 1.82) is 0 Å². The number of hydrogen-bond acceptors (Lipinski definition) is 2. The number of hydrogen-bond donors (Lipinski definition) is 1. The molecule has 1 atom stereocenters. The zero-order valence-corrected chi connectivity index (χ0v) is 5.80. The number of likely N-dealkylation sites (tertiary alicyclic amines) is 1. The molecular weight excluding hydrogens is 114 g/mol. The van der Waals surface area contributed by atoms with E-state index >= 15 is 0 Å². The van der Waals surface area contributed by atoms with E-state index in [1.54, 1.807) is 0 Å². The predicted octanol–water partition coefficient (Wildman–Crippen LogP) is 0.239. The molecule has 1 fully saturated rings. The number of aliphatic hydroxyl groups is 1. The molecule has 1 rings (SSSR count). The molecule has 0 bridgehead atoms. The van der Waals surface area contributed by atoms with Crippen LogP contribution in [0.2, 0.25) is 0 Å². The van der Waals surface area contributed by atoms with Crippen molar-refractivity contribution in [2.24, 2.45) is 0 Å². The first kappa shape index (κ1) is 6.78. The van der Waals surface area contributed by atoms with Crippen LogP contribution in [0.5, 0.6) is 0 Å². The molecule has 0 saturated carbocycles. The molecule has 1 unspecified atom stereocenters. The van der Waals surface area contributed by atoms with E-state index in [4.69, 9.17) is 5.11 Å². The van der Waals surface area contributed by atoms with E-state index in [1.165, 1.54) is 5.57 Å². The maximum absolute atomic E-state index is 8.77. The van der Waals surface area contributed by atoms with E-state index in [0.29, 0.717) is 6.04 Å². The van der Waals surface area contributed by atoms with E-state index < -0.39 is 0 Å². The second-order valence-corrected chi connectivity index (χ2v) is 2.71. The van der Waals surface area contributed by atoms with E-state index in [-0.39, 0.29) is 6.61 Å². The molecule has 1 aliphatic heterocycles. The Morgan fingerprint density at radius 1 is 1.89 bits per heavy atom. The van der Waals surface area contributed by atoms with Crippen LogP contribution in [0.25, 0.3) is 0 Å². The van der Waals surface area contributed by atoms with Crippen molar-refractivity contribution in [2.45, 2.75) is 12.5 Å². The molecule has 2 nitrogen and oxygen atoms in total. The summed E-state index contributed by atoms with van der Waals surface area (Å²) in [6.07, 6.45) is 0.965. The summed E-state index contributed by atoms with van der Waals surface area (Å²) in [6.45, 7) is 5.06. The van der Waals surface area contributed by atoms with Gasteiger partial charge in [0.2, 0.25) is 0 Å². The van der Waals surface area contributed by atoms with Gasteiger partial charge in [0, 0.05) is 12.6 Å². The topological polar surface area (TPSA) is 23.5 Å². The van der Waals surface area contributed by atoms with Gasteiger partial charge in [-0.1, -0.05) is 12.2 Å². The molecule has 2 heteroatoms. The first-order valence-electron chi connectivity index (χ1n) is 3.22. The number of rotatable bonds is 1. The van der Waals surface area contributed by atoms with Crippen LogP contribution >= 0.6 is 0 Å². The predicted molar refractivity (Wildman–Crippen MR) is 37.3 cm³/mol. The molecule has 0 aromatic carbocycles. The van der Waals surface area contributed by atoms with Crippen molar-refractivity contribution >= 4 is 0 Å². The summed E-state index contributed by atoms with van der Waals surface area (Å²) in [6, 6.07) is 0.331. The van der Waals surface area contributed by atoms with Crippen molar-refractivity contribution in [2.75, 3.05) is 20.2 Å². The minimum atomic E-state index is 0.259. The number of aliphatic hydroxyl groups excluding tert-OH is 1. The zero-order valence-electron chi connectivity index (χ0n) is 5.80. The quantitative estimate of drug-likeness (QED) is 0.510. The second kappa shape index (κ2) is 2.50. The summed E-state index contributed by atoms with van der Waals surface area (Å²) >= 11 is 0. The molecule has 1 N–H and O–H groups in total. The Balaban J connectivity index is 2.47. The van der Waals surface area contributed by atoms with Gasteiger partial charge in [0.15, 0.2) is 0 Å². The van der Waals surface area contributed by atoms with Crippen molar-refractivity contribution in [1.82, 2.24) is 4.90 Å². The van der Waals surface area contributed by atoms with Crippen LogP contribution in [0, 0.1) is 0 Å². The molecule has 0 aromatic rings. The van der Waals surface area contributed by atoms with Crippen LogP contribution in [0.3, 0.4) is 0 Å². The Labute approximate surface area is 55.8 Å². The van der Waals surface area contributed by atoms with Gasteiger partial charge in [-0.3, -0.25) is 4.90 Å². The maximum Gasteiger partial charge on any atom is 0.0590 e. The summed E-state index contributed by atoms with van der Waals surface area (Å²) in [5, 5.41) is 8.77. The Hall–Kier alpha value is -0.340. The minimum absolute atomic E-state index is 0.259. The third-order valence-corrected chi connectivity index (χ3v) is 1.83.